The Kier molecular flexibility index (Phi) is 3.83. The summed E-state index contributed by atoms with van der Waals surface area (Å²) >= 11 is 0. The number of ketones is 1. The van der Waals surface area contributed by atoms with Gasteiger partial charge >= 0.3 is 6.09 Å². The molecule has 0 unspecified atom stereocenters. The number of hydrogen-bond donors (Lipinski definition) is 1. The minimum absolute atomic E-state index is 0.106. The van der Waals surface area contributed by atoms with Gasteiger partial charge in [0.1, 0.15) is 5.60 Å². The molecular formula is C12H16N2O3. The van der Waals surface area contributed by atoms with E-state index in [4.69, 9.17) is 4.74 Å². The second-order valence-corrected chi connectivity index (χ2v) is 4.65. The molecule has 92 valence electrons. The van der Waals surface area contributed by atoms with E-state index >= 15 is 0 Å². The first kappa shape index (κ1) is 13.2. The van der Waals surface area contributed by atoms with Crippen molar-refractivity contribution in [2.24, 2.45) is 0 Å². The van der Waals surface area contributed by atoms with Crippen LogP contribution in [0, 0.1) is 0 Å². The SMILES string of the molecule is CC(=O)c1cncc(NC(=O)OC(C)(C)C)c1. The molecule has 5 heteroatoms. The molecule has 1 amide bonds. The fraction of sp³-hybridized carbons (Fsp3) is 0.417. The van der Waals surface area contributed by atoms with Crippen LogP contribution in [0.1, 0.15) is 38.1 Å². The van der Waals surface area contributed by atoms with Crippen LogP contribution in [-0.2, 0) is 4.74 Å². The van der Waals surface area contributed by atoms with Gasteiger partial charge in [0.25, 0.3) is 0 Å². The lowest BCUT2D eigenvalue weighted by atomic mass is 10.2. The highest BCUT2D eigenvalue weighted by Crippen LogP contribution is 2.12. The molecule has 0 aromatic carbocycles. The maximum Gasteiger partial charge on any atom is 0.412 e. The summed E-state index contributed by atoms with van der Waals surface area (Å²) in [4.78, 5) is 26.5. The molecule has 0 bridgehead atoms. The number of pyridine rings is 1. The predicted molar refractivity (Wildman–Crippen MR) is 64.1 cm³/mol. The van der Waals surface area contributed by atoms with Gasteiger partial charge in [-0.2, -0.15) is 0 Å². The van der Waals surface area contributed by atoms with Gasteiger partial charge in [-0.1, -0.05) is 0 Å². The van der Waals surface area contributed by atoms with Crippen LogP contribution in [0.3, 0.4) is 0 Å². The fourth-order valence-electron chi connectivity index (χ4n) is 1.12. The van der Waals surface area contributed by atoms with Crippen LogP contribution >= 0.6 is 0 Å². The zero-order chi connectivity index (χ0) is 13.1. The number of ether oxygens (including phenoxy) is 1. The molecule has 1 N–H and O–H groups in total. The Morgan fingerprint density at radius 1 is 1.29 bits per heavy atom. The van der Waals surface area contributed by atoms with Crippen LogP contribution in [0.15, 0.2) is 18.5 Å². The third-order valence-electron chi connectivity index (χ3n) is 1.79. The molecule has 0 saturated carbocycles. The number of carbonyl (C=O) groups is 2. The van der Waals surface area contributed by atoms with E-state index in [1.165, 1.54) is 19.3 Å². The van der Waals surface area contributed by atoms with E-state index in [1.807, 2.05) is 0 Å². The Bertz CT molecular complexity index is 436. The first-order chi connectivity index (χ1) is 7.78. The summed E-state index contributed by atoms with van der Waals surface area (Å²) in [5.74, 6) is -0.106. The second kappa shape index (κ2) is 4.95. The average Bonchev–Trinajstić information content (AvgIpc) is 2.14. The number of nitrogens with one attached hydrogen (secondary N) is 1. The van der Waals surface area contributed by atoms with Gasteiger partial charge in [0, 0.05) is 11.8 Å². The van der Waals surface area contributed by atoms with E-state index in [0.29, 0.717) is 11.3 Å². The third kappa shape index (κ3) is 4.63. The highest BCUT2D eigenvalue weighted by atomic mass is 16.6. The molecule has 0 aliphatic heterocycles. The Labute approximate surface area is 100 Å². The second-order valence-electron chi connectivity index (χ2n) is 4.65. The average molecular weight is 236 g/mol. The van der Waals surface area contributed by atoms with Crippen molar-refractivity contribution < 1.29 is 14.3 Å². The topological polar surface area (TPSA) is 68.3 Å². The van der Waals surface area contributed by atoms with Crippen LogP contribution in [0.25, 0.3) is 0 Å². The smallest absolute Gasteiger partial charge is 0.412 e. The molecule has 1 aromatic rings. The Hall–Kier alpha value is -1.91. The third-order valence-corrected chi connectivity index (χ3v) is 1.79. The van der Waals surface area contributed by atoms with Gasteiger partial charge in [-0.3, -0.25) is 15.1 Å². The van der Waals surface area contributed by atoms with Gasteiger partial charge in [-0.15, -0.1) is 0 Å². The van der Waals surface area contributed by atoms with Gasteiger partial charge in [-0.05, 0) is 33.8 Å². The Morgan fingerprint density at radius 3 is 2.47 bits per heavy atom. The van der Waals surface area contributed by atoms with Crippen LogP contribution < -0.4 is 5.32 Å². The summed E-state index contributed by atoms with van der Waals surface area (Å²) in [6.07, 6.45) is 2.33. The number of anilines is 1. The first-order valence-corrected chi connectivity index (χ1v) is 5.24. The summed E-state index contributed by atoms with van der Waals surface area (Å²) in [6.45, 7) is 6.76. The van der Waals surface area contributed by atoms with Crippen molar-refractivity contribution in [3.05, 3.63) is 24.0 Å². The summed E-state index contributed by atoms with van der Waals surface area (Å²) in [5, 5.41) is 2.52. The lowest BCUT2D eigenvalue weighted by molar-refractivity contribution is 0.0635. The standard InChI is InChI=1S/C12H16N2O3/c1-8(15)9-5-10(7-13-6-9)14-11(16)17-12(2,3)4/h5-7H,1-4H3,(H,14,16). The first-order valence-electron chi connectivity index (χ1n) is 5.24. The largest absolute Gasteiger partial charge is 0.444 e. The van der Waals surface area contributed by atoms with E-state index in [2.05, 4.69) is 10.3 Å². The van der Waals surface area contributed by atoms with Crippen molar-refractivity contribution >= 4 is 17.6 Å². The molecule has 5 nitrogen and oxygen atoms in total. The van der Waals surface area contributed by atoms with Crippen molar-refractivity contribution in [2.45, 2.75) is 33.3 Å². The monoisotopic (exact) mass is 236 g/mol. The fourth-order valence-corrected chi connectivity index (χ4v) is 1.12. The van der Waals surface area contributed by atoms with Gasteiger partial charge in [0.15, 0.2) is 5.78 Å². The van der Waals surface area contributed by atoms with Gasteiger partial charge in [-0.25, -0.2) is 4.79 Å². The molecule has 0 radical (unpaired) electrons. The van der Waals surface area contributed by atoms with E-state index in [9.17, 15) is 9.59 Å². The molecule has 1 aromatic heterocycles. The normalized spacial score (nSPS) is 10.8. The molecule has 0 aliphatic rings. The number of carbonyl (C=O) groups excluding carboxylic acids is 2. The molecule has 1 rings (SSSR count). The zero-order valence-corrected chi connectivity index (χ0v) is 10.4. The maximum absolute atomic E-state index is 11.5. The molecule has 0 saturated heterocycles. The van der Waals surface area contributed by atoms with E-state index < -0.39 is 11.7 Å². The van der Waals surface area contributed by atoms with Crippen molar-refractivity contribution in [1.82, 2.24) is 4.98 Å². The van der Waals surface area contributed by atoms with Crippen molar-refractivity contribution in [1.29, 1.82) is 0 Å². The molecule has 0 spiro atoms. The van der Waals surface area contributed by atoms with Crippen molar-refractivity contribution in [3.63, 3.8) is 0 Å². The van der Waals surface area contributed by atoms with Crippen LogP contribution in [-0.4, -0.2) is 22.5 Å². The number of nitrogens with zero attached hydrogens (tertiary/aromatic N) is 1. The van der Waals surface area contributed by atoms with Crippen LogP contribution in [0.2, 0.25) is 0 Å². The number of aromatic nitrogens is 1. The van der Waals surface area contributed by atoms with Crippen molar-refractivity contribution in [3.8, 4) is 0 Å². The molecule has 17 heavy (non-hydrogen) atoms. The summed E-state index contributed by atoms with van der Waals surface area (Å²) < 4.78 is 5.08. The predicted octanol–water partition coefficient (Wildman–Crippen LogP) is 2.63. The number of amides is 1. The molecule has 0 atom stereocenters. The number of Topliss-reactive ketones (excluding diaryl/α,β-unsaturated/α-hetero) is 1. The highest BCUT2D eigenvalue weighted by Gasteiger charge is 2.16. The lowest BCUT2D eigenvalue weighted by Gasteiger charge is -2.19. The molecular weight excluding hydrogens is 220 g/mol. The quantitative estimate of drug-likeness (QED) is 0.801. The van der Waals surface area contributed by atoms with Crippen LogP contribution in [0.5, 0.6) is 0 Å². The van der Waals surface area contributed by atoms with Crippen LogP contribution in [0.4, 0.5) is 10.5 Å². The minimum Gasteiger partial charge on any atom is -0.444 e. The van der Waals surface area contributed by atoms with Gasteiger partial charge < -0.3 is 4.74 Å². The Morgan fingerprint density at radius 2 is 1.94 bits per heavy atom. The van der Waals surface area contributed by atoms with E-state index in [0.717, 1.165) is 0 Å². The van der Waals surface area contributed by atoms with Crippen molar-refractivity contribution in [2.75, 3.05) is 5.32 Å². The lowest BCUT2D eigenvalue weighted by Crippen LogP contribution is -2.27. The molecule has 0 fully saturated rings. The van der Waals surface area contributed by atoms with E-state index in [-0.39, 0.29) is 5.78 Å². The summed E-state index contributed by atoms with van der Waals surface area (Å²) in [7, 11) is 0. The summed E-state index contributed by atoms with van der Waals surface area (Å²) in [6, 6.07) is 1.55. The Balaban J connectivity index is 2.72. The zero-order valence-electron chi connectivity index (χ0n) is 10.4. The van der Waals surface area contributed by atoms with Gasteiger partial charge in [0.05, 0.1) is 11.9 Å². The highest BCUT2D eigenvalue weighted by molar-refractivity contribution is 5.95. The van der Waals surface area contributed by atoms with E-state index in [1.54, 1.807) is 26.8 Å². The molecule has 0 aliphatic carbocycles. The van der Waals surface area contributed by atoms with Gasteiger partial charge in [0.2, 0.25) is 0 Å². The summed E-state index contributed by atoms with van der Waals surface area (Å²) in [5.41, 5.74) is 0.320. The molecule has 1 heterocycles. The minimum atomic E-state index is -0.569. The number of hydrogen-bond acceptors (Lipinski definition) is 4. The number of rotatable bonds is 2. The maximum atomic E-state index is 11.5.